The molecule has 2 N–H and O–H groups in total. The van der Waals surface area contributed by atoms with E-state index >= 15 is 0 Å². The molecule has 6 heteroatoms. The molecule has 1 unspecified atom stereocenters. The summed E-state index contributed by atoms with van der Waals surface area (Å²) in [6, 6.07) is 10.6. The molecular weight excluding hydrogens is 354 g/mol. The molecule has 2 fully saturated rings. The van der Waals surface area contributed by atoms with Gasteiger partial charge in [-0.05, 0) is 43.6 Å². The zero-order valence-corrected chi connectivity index (χ0v) is 17.2. The van der Waals surface area contributed by atoms with Gasteiger partial charge < -0.3 is 15.3 Å². The Balaban J connectivity index is 1.50. The van der Waals surface area contributed by atoms with Crippen LogP contribution in [-0.4, -0.2) is 59.1 Å². The fraction of sp³-hybridized carbons (Fsp3) is 0.636. The third kappa shape index (κ3) is 4.85. The number of carboxylic acid groups (broad SMARTS) is 1. The van der Waals surface area contributed by atoms with E-state index in [1.165, 1.54) is 16.9 Å². The summed E-state index contributed by atoms with van der Waals surface area (Å²) < 4.78 is 0. The largest absolute Gasteiger partial charge is 0.465 e. The van der Waals surface area contributed by atoms with E-state index in [0.29, 0.717) is 18.3 Å². The lowest BCUT2D eigenvalue weighted by Crippen LogP contribution is -2.44. The Bertz CT molecular complexity index is 681. The summed E-state index contributed by atoms with van der Waals surface area (Å²) in [5.74, 6) is 1.05. The molecule has 0 radical (unpaired) electrons. The van der Waals surface area contributed by atoms with Gasteiger partial charge in [0.25, 0.3) is 0 Å². The van der Waals surface area contributed by atoms with Crippen molar-refractivity contribution < 1.29 is 14.7 Å². The highest BCUT2D eigenvalue weighted by atomic mass is 16.4. The maximum Gasteiger partial charge on any atom is 0.407 e. The van der Waals surface area contributed by atoms with Crippen LogP contribution < -0.4 is 5.32 Å². The minimum Gasteiger partial charge on any atom is -0.465 e. The Hall–Kier alpha value is -2.08. The van der Waals surface area contributed by atoms with Crippen LogP contribution in [0.15, 0.2) is 30.3 Å². The molecule has 0 bridgehead atoms. The van der Waals surface area contributed by atoms with Crippen LogP contribution in [0.25, 0.3) is 0 Å². The van der Waals surface area contributed by atoms with Crippen molar-refractivity contribution in [3.63, 3.8) is 0 Å². The smallest absolute Gasteiger partial charge is 0.407 e. The van der Waals surface area contributed by atoms with Crippen LogP contribution in [0.2, 0.25) is 0 Å². The second-order valence-electron chi connectivity index (χ2n) is 8.68. The summed E-state index contributed by atoms with van der Waals surface area (Å²) in [6.07, 6.45) is 1.81. The molecule has 0 spiro atoms. The summed E-state index contributed by atoms with van der Waals surface area (Å²) >= 11 is 0. The van der Waals surface area contributed by atoms with Gasteiger partial charge in [0.2, 0.25) is 5.91 Å². The first-order valence-corrected chi connectivity index (χ1v) is 10.4. The lowest BCUT2D eigenvalue weighted by molar-refractivity contribution is -0.126. The average Bonchev–Trinajstić information content (AvgIpc) is 3.22. The van der Waals surface area contributed by atoms with Crippen molar-refractivity contribution in [3.8, 4) is 0 Å². The molecule has 5 atom stereocenters. The molecule has 6 nitrogen and oxygen atoms in total. The monoisotopic (exact) mass is 387 g/mol. The number of hydrogen-bond donors (Lipinski definition) is 2. The molecule has 1 saturated carbocycles. The van der Waals surface area contributed by atoms with Gasteiger partial charge in [-0.3, -0.25) is 9.69 Å². The highest BCUT2D eigenvalue weighted by molar-refractivity contribution is 5.78. The first kappa shape index (κ1) is 20.6. The van der Waals surface area contributed by atoms with Crippen LogP contribution in [0.4, 0.5) is 4.79 Å². The Morgan fingerprint density at radius 1 is 1.21 bits per heavy atom. The van der Waals surface area contributed by atoms with Gasteiger partial charge in [-0.1, -0.05) is 37.3 Å². The number of likely N-dealkylation sites (tertiary alicyclic amines) is 1. The van der Waals surface area contributed by atoms with Gasteiger partial charge in [-0.25, -0.2) is 4.79 Å². The van der Waals surface area contributed by atoms with Gasteiger partial charge in [-0.2, -0.15) is 0 Å². The van der Waals surface area contributed by atoms with Crippen molar-refractivity contribution in [1.82, 2.24) is 15.1 Å². The molecule has 2 amide bonds. The first-order chi connectivity index (χ1) is 13.3. The van der Waals surface area contributed by atoms with Crippen molar-refractivity contribution in [2.45, 2.75) is 51.7 Å². The summed E-state index contributed by atoms with van der Waals surface area (Å²) in [5.41, 5.74) is 1.34. The predicted octanol–water partition coefficient (Wildman–Crippen LogP) is 3.04. The Kier molecular flexibility index (Phi) is 6.60. The predicted molar refractivity (Wildman–Crippen MR) is 109 cm³/mol. The number of fused-ring (bicyclic) bond motifs is 1. The molecule has 1 aliphatic carbocycles. The number of rotatable bonds is 7. The normalized spacial score (nSPS) is 26.5. The minimum absolute atomic E-state index is 0.0535. The fourth-order valence-corrected chi connectivity index (χ4v) is 4.80. The van der Waals surface area contributed by atoms with Crippen LogP contribution in [-0.2, 0) is 11.3 Å². The quantitative estimate of drug-likeness (QED) is 0.754. The van der Waals surface area contributed by atoms with E-state index in [4.69, 9.17) is 5.11 Å². The Labute approximate surface area is 167 Å². The van der Waals surface area contributed by atoms with E-state index < -0.39 is 6.09 Å². The number of carbonyl (C=O) groups excluding carboxylic acids is 1. The molecule has 0 aromatic heterocycles. The number of carbonyl (C=O) groups is 2. The molecule has 1 aliphatic heterocycles. The van der Waals surface area contributed by atoms with E-state index in [0.717, 1.165) is 26.1 Å². The van der Waals surface area contributed by atoms with Gasteiger partial charge in [0, 0.05) is 44.7 Å². The SMILES string of the molecule is CC(C[C@@H](C)C(=O)N[C@@H]1CC[C@H]2CN(Cc3ccccc3)C[C@H]21)N(C)C(=O)O. The Morgan fingerprint density at radius 2 is 1.93 bits per heavy atom. The first-order valence-electron chi connectivity index (χ1n) is 10.4. The van der Waals surface area contributed by atoms with Crippen molar-refractivity contribution in [3.05, 3.63) is 35.9 Å². The minimum atomic E-state index is -0.955. The number of nitrogens with zero attached hydrogens (tertiary/aromatic N) is 2. The number of nitrogens with one attached hydrogen (secondary N) is 1. The third-order valence-electron chi connectivity index (χ3n) is 6.61. The lowest BCUT2D eigenvalue weighted by atomic mass is 9.96. The van der Waals surface area contributed by atoms with Crippen molar-refractivity contribution >= 4 is 12.0 Å². The molecular formula is C22H33N3O3. The lowest BCUT2D eigenvalue weighted by Gasteiger charge is -2.26. The number of benzene rings is 1. The number of hydrogen-bond acceptors (Lipinski definition) is 3. The van der Waals surface area contributed by atoms with Crippen LogP contribution in [0.1, 0.15) is 38.7 Å². The maximum atomic E-state index is 12.7. The van der Waals surface area contributed by atoms with Gasteiger partial charge in [0.15, 0.2) is 0 Å². The summed E-state index contributed by atoms with van der Waals surface area (Å²) in [4.78, 5) is 27.6. The van der Waals surface area contributed by atoms with Crippen LogP contribution in [0.3, 0.4) is 0 Å². The molecule has 2 aliphatic rings. The van der Waals surface area contributed by atoms with E-state index in [1.807, 2.05) is 19.9 Å². The molecule has 1 aromatic rings. The molecule has 1 aromatic carbocycles. The summed E-state index contributed by atoms with van der Waals surface area (Å²) in [5, 5.41) is 12.4. The zero-order chi connectivity index (χ0) is 20.3. The topological polar surface area (TPSA) is 72.9 Å². The van der Waals surface area contributed by atoms with Gasteiger partial charge in [0.1, 0.15) is 0 Å². The van der Waals surface area contributed by atoms with E-state index in [9.17, 15) is 9.59 Å². The summed E-state index contributed by atoms with van der Waals surface area (Å²) in [7, 11) is 1.55. The maximum absolute atomic E-state index is 12.7. The summed E-state index contributed by atoms with van der Waals surface area (Å²) in [6.45, 7) is 6.87. The fourth-order valence-electron chi connectivity index (χ4n) is 4.80. The molecule has 154 valence electrons. The molecule has 28 heavy (non-hydrogen) atoms. The van der Waals surface area contributed by atoms with Crippen molar-refractivity contribution in [1.29, 1.82) is 0 Å². The second-order valence-corrected chi connectivity index (χ2v) is 8.68. The van der Waals surface area contributed by atoms with Gasteiger partial charge >= 0.3 is 6.09 Å². The number of amides is 2. The van der Waals surface area contributed by atoms with Gasteiger partial charge in [-0.15, -0.1) is 0 Å². The van der Waals surface area contributed by atoms with E-state index in [-0.39, 0.29) is 23.9 Å². The zero-order valence-electron chi connectivity index (χ0n) is 17.2. The average molecular weight is 388 g/mol. The standard InChI is InChI=1S/C22H33N3O3/c1-15(11-16(2)24(3)22(27)28)21(26)23-20-10-9-18-13-25(14-19(18)20)12-17-7-5-4-6-8-17/h4-8,15-16,18-20H,9-14H2,1-3H3,(H,23,26)(H,27,28)/t15-,16?,18+,19-,20-/m1/s1. The molecule has 1 heterocycles. The van der Waals surface area contributed by atoms with Gasteiger partial charge in [0.05, 0.1) is 0 Å². The van der Waals surface area contributed by atoms with Crippen molar-refractivity contribution in [2.24, 2.45) is 17.8 Å². The highest BCUT2D eigenvalue weighted by Gasteiger charge is 2.43. The van der Waals surface area contributed by atoms with Crippen LogP contribution in [0.5, 0.6) is 0 Å². The van der Waals surface area contributed by atoms with Crippen LogP contribution >= 0.6 is 0 Å². The molecule has 3 rings (SSSR count). The van der Waals surface area contributed by atoms with E-state index in [2.05, 4.69) is 34.5 Å². The van der Waals surface area contributed by atoms with E-state index in [1.54, 1.807) is 7.05 Å². The van der Waals surface area contributed by atoms with Crippen molar-refractivity contribution in [2.75, 3.05) is 20.1 Å². The van der Waals surface area contributed by atoms with Crippen LogP contribution in [0, 0.1) is 17.8 Å². The second kappa shape index (κ2) is 8.95. The highest BCUT2D eigenvalue weighted by Crippen LogP contribution is 2.38. The molecule has 1 saturated heterocycles. The Morgan fingerprint density at radius 3 is 2.61 bits per heavy atom. The third-order valence-corrected chi connectivity index (χ3v) is 6.61.